The van der Waals surface area contributed by atoms with Gasteiger partial charge >= 0.3 is 0 Å². The Morgan fingerprint density at radius 2 is 1.67 bits per heavy atom. The van der Waals surface area contributed by atoms with Crippen LogP contribution < -0.4 is 25.0 Å². The topological polar surface area (TPSA) is 98.2 Å². The average Bonchev–Trinajstić information content (AvgIpc) is 2.73. The molecule has 0 fully saturated rings. The summed E-state index contributed by atoms with van der Waals surface area (Å²) in [4.78, 5) is 23.9. The lowest BCUT2D eigenvalue weighted by molar-refractivity contribution is -0.124. The number of amides is 2. The van der Waals surface area contributed by atoms with Crippen LogP contribution in [0.3, 0.4) is 0 Å². The predicted molar refractivity (Wildman–Crippen MR) is 115 cm³/mol. The van der Waals surface area contributed by atoms with Gasteiger partial charge in [0.25, 0.3) is 0 Å². The number of hydrogen-bond donors (Lipinski definition) is 2. The number of carbonyl (C=O) groups is 2. The van der Waals surface area contributed by atoms with Gasteiger partial charge in [0, 0.05) is 18.5 Å². The van der Waals surface area contributed by atoms with Crippen molar-refractivity contribution >= 4 is 23.7 Å². The van der Waals surface area contributed by atoms with Crippen LogP contribution >= 0.6 is 0 Å². The fourth-order valence-electron chi connectivity index (χ4n) is 2.48. The molecule has 0 unspecified atom stereocenters. The molecule has 0 atom stereocenters. The number of nitrogens with one attached hydrogen (secondary N) is 2. The molecule has 0 spiro atoms. The number of anilines is 1. The molecule has 2 aromatic carbocycles. The lowest BCUT2D eigenvalue weighted by Crippen LogP contribution is -2.20. The molecule has 2 aromatic rings. The van der Waals surface area contributed by atoms with Crippen LogP contribution in [0.25, 0.3) is 0 Å². The maximum Gasteiger partial charge on any atom is 0.240 e. The van der Waals surface area contributed by atoms with E-state index < -0.39 is 0 Å². The van der Waals surface area contributed by atoms with Crippen LogP contribution in [-0.2, 0) is 9.59 Å². The molecule has 0 saturated heterocycles. The van der Waals surface area contributed by atoms with Crippen molar-refractivity contribution in [3.8, 4) is 17.2 Å². The van der Waals surface area contributed by atoms with Gasteiger partial charge in [-0.15, -0.1) is 0 Å². The molecule has 8 heteroatoms. The third-order valence-electron chi connectivity index (χ3n) is 3.91. The molecule has 0 bridgehead atoms. The first-order valence-electron chi connectivity index (χ1n) is 9.51. The van der Waals surface area contributed by atoms with Crippen LogP contribution in [0.5, 0.6) is 17.2 Å². The summed E-state index contributed by atoms with van der Waals surface area (Å²) in [5.41, 5.74) is 3.79. The van der Waals surface area contributed by atoms with E-state index in [1.165, 1.54) is 6.21 Å². The van der Waals surface area contributed by atoms with E-state index in [-0.39, 0.29) is 30.8 Å². The number of ether oxygens (including phenoxy) is 3. The van der Waals surface area contributed by atoms with Gasteiger partial charge in [0.1, 0.15) is 5.75 Å². The van der Waals surface area contributed by atoms with Crippen molar-refractivity contribution in [3.63, 3.8) is 0 Å². The molecule has 0 aliphatic heterocycles. The Labute approximate surface area is 176 Å². The van der Waals surface area contributed by atoms with Gasteiger partial charge < -0.3 is 19.5 Å². The first kappa shape index (κ1) is 22.7. The normalized spacial score (nSPS) is 10.7. The Morgan fingerprint density at radius 1 is 0.967 bits per heavy atom. The largest absolute Gasteiger partial charge is 0.497 e. The van der Waals surface area contributed by atoms with E-state index in [2.05, 4.69) is 15.8 Å². The molecule has 0 aliphatic rings. The summed E-state index contributed by atoms with van der Waals surface area (Å²) in [6, 6.07) is 12.3. The van der Waals surface area contributed by atoms with E-state index in [1.807, 2.05) is 13.8 Å². The molecule has 0 heterocycles. The molecule has 0 aliphatic carbocycles. The van der Waals surface area contributed by atoms with Gasteiger partial charge in [-0.1, -0.05) is 0 Å². The third-order valence-corrected chi connectivity index (χ3v) is 3.91. The number of hydrazone groups is 1. The molecule has 2 rings (SSSR count). The summed E-state index contributed by atoms with van der Waals surface area (Å²) in [6.45, 7) is 3.86. The van der Waals surface area contributed by atoms with Crippen LogP contribution in [0, 0.1) is 0 Å². The maximum atomic E-state index is 12.0. The molecule has 2 N–H and O–H groups in total. The highest BCUT2D eigenvalue weighted by Crippen LogP contribution is 2.28. The van der Waals surface area contributed by atoms with Crippen molar-refractivity contribution in [1.82, 2.24) is 5.43 Å². The maximum absolute atomic E-state index is 12.0. The molecule has 0 radical (unpaired) electrons. The van der Waals surface area contributed by atoms with E-state index in [9.17, 15) is 9.59 Å². The van der Waals surface area contributed by atoms with E-state index in [0.29, 0.717) is 22.9 Å². The number of hydrogen-bond acceptors (Lipinski definition) is 6. The second kappa shape index (κ2) is 11.5. The first-order valence-corrected chi connectivity index (χ1v) is 9.51. The highest BCUT2D eigenvalue weighted by Gasteiger charge is 2.08. The highest BCUT2D eigenvalue weighted by atomic mass is 16.5. The minimum Gasteiger partial charge on any atom is -0.497 e. The Balaban J connectivity index is 1.79. The molecular weight excluding hydrogens is 386 g/mol. The van der Waals surface area contributed by atoms with Crippen molar-refractivity contribution in [1.29, 1.82) is 0 Å². The Kier molecular flexibility index (Phi) is 8.68. The van der Waals surface area contributed by atoms with Gasteiger partial charge in [-0.3, -0.25) is 9.59 Å². The molecule has 160 valence electrons. The van der Waals surface area contributed by atoms with Crippen LogP contribution in [0.15, 0.2) is 47.6 Å². The van der Waals surface area contributed by atoms with Crippen molar-refractivity contribution in [2.45, 2.75) is 32.8 Å². The Hall–Kier alpha value is -3.55. The van der Waals surface area contributed by atoms with E-state index in [4.69, 9.17) is 14.2 Å². The molecular formula is C22H27N3O5. The van der Waals surface area contributed by atoms with Gasteiger partial charge in [0.2, 0.25) is 11.8 Å². The molecule has 30 heavy (non-hydrogen) atoms. The Morgan fingerprint density at radius 3 is 2.30 bits per heavy atom. The summed E-state index contributed by atoms with van der Waals surface area (Å²) in [6.07, 6.45) is 1.59. The average molecular weight is 413 g/mol. The third kappa shape index (κ3) is 7.46. The minimum atomic E-state index is -0.358. The first-order chi connectivity index (χ1) is 14.4. The monoisotopic (exact) mass is 413 g/mol. The highest BCUT2D eigenvalue weighted by molar-refractivity contribution is 5.93. The summed E-state index contributed by atoms with van der Waals surface area (Å²) in [5.74, 6) is 1.29. The smallest absolute Gasteiger partial charge is 0.240 e. The number of carbonyl (C=O) groups excluding carboxylic acids is 2. The number of nitrogens with zero attached hydrogens (tertiary/aromatic N) is 1. The number of methoxy groups -OCH3 is 2. The molecule has 2 amide bonds. The van der Waals surface area contributed by atoms with Gasteiger partial charge in [-0.25, -0.2) is 5.43 Å². The molecule has 0 aromatic heterocycles. The van der Waals surface area contributed by atoms with Crippen molar-refractivity contribution < 1.29 is 23.8 Å². The van der Waals surface area contributed by atoms with Crippen molar-refractivity contribution in [2.75, 3.05) is 19.5 Å². The van der Waals surface area contributed by atoms with Crippen molar-refractivity contribution in [2.24, 2.45) is 5.10 Å². The summed E-state index contributed by atoms with van der Waals surface area (Å²) >= 11 is 0. The zero-order valence-corrected chi connectivity index (χ0v) is 17.6. The van der Waals surface area contributed by atoms with E-state index in [0.717, 1.165) is 5.56 Å². The summed E-state index contributed by atoms with van der Waals surface area (Å²) in [5, 5.41) is 6.65. The second-order valence-electron chi connectivity index (χ2n) is 6.65. The zero-order valence-electron chi connectivity index (χ0n) is 17.6. The summed E-state index contributed by atoms with van der Waals surface area (Å²) < 4.78 is 16.0. The van der Waals surface area contributed by atoms with Gasteiger partial charge in [-0.2, -0.15) is 5.10 Å². The summed E-state index contributed by atoms with van der Waals surface area (Å²) in [7, 11) is 3.13. The van der Waals surface area contributed by atoms with Crippen LogP contribution in [0.4, 0.5) is 5.69 Å². The van der Waals surface area contributed by atoms with Crippen LogP contribution in [-0.4, -0.2) is 38.4 Å². The quantitative estimate of drug-likeness (QED) is 0.460. The minimum absolute atomic E-state index is 0.0177. The predicted octanol–water partition coefficient (Wildman–Crippen LogP) is 3.36. The lowest BCUT2D eigenvalue weighted by Gasteiger charge is -2.13. The van der Waals surface area contributed by atoms with Gasteiger partial charge in [0.05, 0.1) is 26.5 Å². The lowest BCUT2D eigenvalue weighted by atomic mass is 10.2. The van der Waals surface area contributed by atoms with Crippen LogP contribution in [0.1, 0.15) is 32.3 Å². The molecule has 8 nitrogen and oxygen atoms in total. The van der Waals surface area contributed by atoms with Gasteiger partial charge in [-0.05, 0) is 61.9 Å². The van der Waals surface area contributed by atoms with Gasteiger partial charge in [0.15, 0.2) is 11.5 Å². The van der Waals surface area contributed by atoms with E-state index >= 15 is 0 Å². The SMILES string of the molecule is COc1ccc(NC(=O)CCC(=O)N/N=C/c2ccc(OC(C)C)c(OC)c2)cc1. The van der Waals surface area contributed by atoms with E-state index in [1.54, 1.807) is 56.7 Å². The Bertz CT molecular complexity index is 879. The number of rotatable bonds is 10. The van der Waals surface area contributed by atoms with Crippen LogP contribution in [0.2, 0.25) is 0 Å². The number of benzene rings is 2. The van der Waals surface area contributed by atoms with Crippen molar-refractivity contribution in [3.05, 3.63) is 48.0 Å². The second-order valence-corrected chi connectivity index (χ2v) is 6.65. The molecule has 0 saturated carbocycles. The fourth-order valence-corrected chi connectivity index (χ4v) is 2.48. The zero-order chi connectivity index (χ0) is 21.9. The standard InChI is InChI=1S/C22H27N3O5/c1-15(2)30-19-10-5-16(13-20(19)29-4)14-23-25-22(27)12-11-21(26)24-17-6-8-18(28-3)9-7-17/h5-10,13-15H,11-12H2,1-4H3,(H,24,26)(H,25,27)/b23-14+. The fraction of sp³-hybridized carbons (Fsp3) is 0.318.